The fourth-order valence-corrected chi connectivity index (χ4v) is 4.96. The van der Waals surface area contributed by atoms with E-state index in [-0.39, 0.29) is 27.9 Å². The van der Waals surface area contributed by atoms with Gasteiger partial charge in [-0.25, -0.2) is 4.39 Å². The number of piperidine rings is 1. The van der Waals surface area contributed by atoms with E-state index in [1.54, 1.807) is 31.3 Å². The van der Waals surface area contributed by atoms with Crippen LogP contribution in [-0.4, -0.2) is 39.1 Å². The third-order valence-electron chi connectivity index (χ3n) is 5.62. The molecule has 1 saturated heterocycles. The largest absolute Gasteiger partial charge is 0.297 e. The highest BCUT2D eigenvalue weighted by molar-refractivity contribution is 8.14. The van der Waals surface area contributed by atoms with Crippen molar-refractivity contribution in [2.45, 2.75) is 37.5 Å². The Morgan fingerprint density at radius 3 is 2.60 bits per heavy atom. The van der Waals surface area contributed by atoms with Crippen LogP contribution in [-0.2, 0) is 9.59 Å². The first kappa shape index (κ1) is 20.9. The van der Waals surface area contributed by atoms with Gasteiger partial charge in [-0.2, -0.15) is 0 Å². The molecule has 0 N–H and O–H groups in total. The molecule has 2 atom stereocenters. The number of carbonyl (C=O) groups is 2. The predicted octanol–water partition coefficient (Wildman–Crippen LogP) is 4.68. The summed E-state index contributed by atoms with van der Waals surface area (Å²) in [6.45, 7) is 2.73. The zero-order chi connectivity index (χ0) is 21.1. The van der Waals surface area contributed by atoms with Gasteiger partial charge in [0.2, 0.25) is 0 Å². The number of hydrogen-bond acceptors (Lipinski definition) is 5. The first-order valence-corrected chi connectivity index (χ1v) is 11.2. The van der Waals surface area contributed by atoms with E-state index < -0.39 is 6.04 Å². The number of carbonyl (C=O) groups excluding carboxylic acids is 2. The Kier molecular flexibility index (Phi) is 6.44. The van der Waals surface area contributed by atoms with Crippen molar-refractivity contribution in [3.63, 3.8) is 0 Å². The molecule has 1 aliphatic heterocycles. The zero-order valence-corrected chi connectivity index (χ0v) is 17.8. The van der Waals surface area contributed by atoms with E-state index in [0.717, 1.165) is 30.5 Å². The number of benzene rings is 1. The average Bonchev–Trinajstić information content (AvgIpc) is 3.57. The van der Waals surface area contributed by atoms with Crippen LogP contribution in [0.2, 0.25) is 0 Å². The first-order chi connectivity index (χ1) is 14.5. The van der Waals surface area contributed by atoms with E-state index in [1.807, 2.05) is 24.3 Å². The van der Waals surface area contributed by atoms with Gasteiger partial charge in [0.1, 0.15) is 5.82 Å². The van der Waals surface area contributed by atoms with E-state index in [1.165, 1.54) is 17.8 Å². The van der Waals surface area contributed by atoms with Crippen LogP contribution in [0.3, 0.4) is 0 Å². The van der Waals surface area contributed by atoms with Crippen LogP contribution < -0.4 is 0 Å². The molecule has 1 aromatic heterocycles. The molecule has 1 saturated carbocycles. The second kappa shape index (κ2) is 9.23. The summed E-state index contributed by atoms with van der Waals surface area (Å²) in [7, 11) is 0. The molecule has 2 aromatic rings. The summed E-state index contributed by atoms with van der Waals surface area (Å²) in [5, 5.41) is 0.109. The van der Waals surface area contributed by atoms with Gasteiger partial charge < -0.3 is 0 Å². The molecule has 1 aliphatic carbocycles. The lowest BCUT2D eigenvalue weighted by Crippen LogP contribution is -2.43. The lowest BCUT2D eigenvalue weighted by Gasteiger charge is -2.38. The molecule has 0 bridgehead atoms. The minimum Gasteiger partial charge on any atom is -0.297 e. The van der Waals surface area contributed by atoms with E-state index in [2.05, 4.69) is 9.88 Å². The van der Waals surface area contributed by atoms with E-state index in [0.29, 0.717) is 18.7 Å². The Bertz CT molecular complexity index is 959. The molecule has 2 heterocycles. The molecule has 6 heteroatoms. The Balaban J connectivity index is 1.67. The molecule has 1 aromatic carbocycles. The fraction of sp³-hybridized carbons (Fsp3) is 0.375. The highest BCUT2D eigenvalue weighted by Crippen LogP contribution is 2.40. The minimum absolute atomic E-state index is 0.0298. The van der Waals surface area contributed by atoms with Gasteiger partial charge in [-0.3, -0.25) is 19.5 Å². The molecule has 2 aliphatic rings. The molecule has 156 valence electrons. The van der Waals surface area contributed by atoms with Crippen LogP contribution in [0.15, 0.2) is 54.2 Å². The summed E-state index contributed by atoms with van der Waals surface area (Å²) in [6.07, 6.45) is 6.24. The van der Waals surface area contributed by atoms with Crippen molar-refractivity contribution in [3.8, 4) is 0 Å². The minimum atomic E-state index is -0.589. The van der Waals surface area contributed by atoms with Gasteiger partial charge in [-0.15, -0.1) is 0 Å². The third kappa shape index (κ3) is 4.87. The molecular weight excluding hydrogens is 399 g/mol. The van der Waals surface area contributed by atoms with Crippen molar-refractivity contribution in [1.82, 2.24) is 9.88 Å². The highest BCUT2D eigenvalue weighted by Gasteiger charge is 2.41. The topological polar surface area (TPSA) is 50.3 Å². The maximum Gasteiger partial charge on any atom is 0.186 e. The Morgan fingerprint density at radius 1 is 1.17 bits per heavy atom. The standard InChI is InChI=1S/C24H25FN2O2S/c1-16(28)30-22-11-13-27(15-18(22)14-19-6-4-5-12-26-19)23(24(29)17-9-10-17)20-7-2-3-8-21(20)25/h2-8,12,14,17,22-23H,9-11,13,15H2,1H3/b18-14-. The number of nitrogens with zero attached hydrogens (tertiary/aromatic N) is 2. The quantitative estimate of drug-likeness (QED) is 0.674. The van der Waals surface area contributed by atoms with E-state index in [4.69, 9.17) is 0 Å². The van der Waals surface area contributed by atoms with Crippen molar-refractivity contribution < 1.29 is 14.0 Å². The molecule has 0 spiro atoms. The molecule has 2 fully saturated rings. The second-order valence-corrected chi connectivity index (χ2v) is 9.31. The van der Waals surface area contributed by atoms with Crippen molar-refractivity contribution in [2.75, 3.05) is 13.1 Å². The van der Waals surface area contributed by atoms with Crippen molar-refractivity contribution in [3.05, 3.63) is 71.3 Å². The monoisotopic (exact) mass is 424 g/mol. The number of hydrogen-bond donors (Lipinski definition) is 0. The van der Waals surface area contributed by atoms with Gasteiger partial charge in [0.05, 0.1) is 11.7 Å². The molecule has 2 unspecified atom stereocenters. The first-order valence-electron chi connectivity index (χ1n) is 10.3. The van der Waals surface area contributed by atoms with Gasteiger partial charge in [-0.05, 0) is 49.1 Å². The van der Waals surface area contributed by atoms with Gasteiger partial charge in [0.15, 0.2) is 10.9 Å². The molecule has 4 rings (SSSR count). The molecule has 0 amide bonds. The van der Waals surface area contributed by atoms with Crippen molar-refractivity contribution in [1.29, 1.82) is 0 Å². The Labute approximate surface area is 180 Å². The SMILES string of the molecule is CC(=O)SC1CCN(C(C(=O)C2CC2)c2ccccc2F)C/C1=C/c1ccccn1. The van der Waals surface area contributed by atoms with Crippen LogP contribution in [0, 0.1) is 11.7 Å². The molecule has 4 nitrogen and oxygen atoms in total. The summed E-state index contributed by atoms with van der Waals surface area (Å²) in [4.78, 5) is 31.4. The number of Topliss-reactive ketones (excluding diaryl/α,β-unsaturated/α-hetero) is 1. The maximum absolute atomic E-state index is 14.7. The fourth-order valence-electron chi connectivity index (χ4n) is 4.05. The number of likely N-dealkylation sites (tertiary alicyclic amines) is 1. The number of ketones is 1. The summed E-state index contributed by atoms with van der Waals surface area (Å²) in [5.41, 5.74) is 2.31. The lowest BCUT2D eigenvalue weighted by molar-refractivity contribution is -0.126. The van der Waals surface area contributed by atoms with Gasteiger partial charge in [0, 0.05) is 42.9 Å². The van der Waals surface area contributed by atoms with Gasteiger partial charge in [-0.1, -0.05) is 36.0 Å². The molecular formula is C24H25FN2O2S. The van der Waals surface area contributed by atoms with Crippen molar-refractivity contribution >= 4 is 28.7 Å². The Hall–Kier alpha value is -2.31. The maximum atomic E-state index is 14.7. The normalized spacial score (nSPS) is 22.1. The third-order valence-corrected chi connectivity index (χ3v) is 6.78. The number of halogens is 1. The summed E-state index contributed by atoms with van der Waals surface area (Å²) >= 11 is 1.32. The summed E-state index contributed by atoms with van der Waals surface area (Å²) in [6, 6.07) is 11.7. The van der Waals surface area contributed by atoms with Crippen LogP contribution in [0.1, 0.15) is 43.5 Å². The smallest absolute Gasteiger partial charge is 0.186 e. The number of thioether (sulfide) groups is 1. The zero-order valence-electron chi connectivity index (χ0n) is 17.0. The predicted molar refractivity (Wildman–Crippen MR) is 117 cm³/mol. The van der Waals surface area contributed by atoms with Gasteiger partial charge >= 0.3 is 0 Å². The van der Waals surface area contributed by atoms with Gasteiger partial charge in [0.25, 0.3) is 0 Å². The Morgan fingerprint density at radius 2 is 1.93 bits per heavy atom. The lowest BCUT2D eigenvalue weighted by atomic mass is 9.93. The number of rotatable bonds is 6. The molecule has 30 heavy (non-hydrogen) atoms. The number of aromatic nitrogens is 1. The highest BCUT2D eigenvalue weighted by atomic mass is 32.2. The van der Waals surface area contributed by atoms with E-state index in [9.17, 15) is 14.0 Å². The molecule has 0 radical (unpaired) electrons. The average molecular weight is 425 g/mol. The van der Waals surface area contributed by atoms with Crippen molar-refractivity contribution in [2.24, 2.45) is 5.92 Å². The van der Waals surface area contributed by atoms with Crippen LogP contribution in [0.5, 0.6) is 0 Å². The van der Waals surface area contributed by atoms with E-state index >= 15 is 0 Å². The van der Waals surface area contributed by atoms with Crippen LogP contribution >= 0.6 is 11.8 Å². The number of pyridine rings is 1. The van der Waals surface area contributed by atoms with Crippen LogP contribution in [0.25, 0.3) is 6.08 Å². The van der Waals surface area contributed by atoms with Crippen LogP contribution in [0.4, 0.5) is 4.39 Å². The summed E-state index contributed by atoms with van der Waals surface area (Å²) in [5.74, 6) is -0.205. The second-order valence-electron chi connectivity index (χ2n) is 7.93. The summed E-state index contributed by atoms with van der Waals surface area (Å²) < 4.78 is 14.7.